The van der Waals surface area contributed by atoms with Crippen molar-refractivity contribution in [2.45, 2.75) is 45.2 Å². The summed E-state index contributed by atoms with van der Waals surface area (Å²) in [5.41, 5.74) is 0.869. The van der Waals surface area contributed by atoms with E-state index < -0.39 is 0 Å². The van der Waals surface area contributed by atoms with Gasteiger partial charge in [0.15, 0.2) is 0 Å². The maximum atomic E-state index is 12.2. The van der Waals surface area contributed by atoms with Crippen molar-refractivity contribution >= 4 is 11.6 Å². The highest BCUT2D eigenvalue weighted by atomic mass is 16.5. The number of anilines is 1. The summed E-state index contributed by atoms with van der Waals surface area (Å²) >= 11 is 0. The highest BCUT2D eigenvalue weighted by molar-refractivity contribution is 5.97. The van der Waals surface area contributed by atoms with Gasteiger partial charge in [0, 0.05) is 25.0 Å². The Labute approximate surface area is 121 Å². The molecule has 1 aromatic carbocycles. The number of hydrogen-bond donors (Lipinski definition) is 1. The van der Waals surface area contributed by atoms with Crippen molar-refractivity contribution in [1.82, 2.24) is 5.32 Å². The smallest absolute Gasteiger partial charge is 0.228 e. The number of para-hydroxylation sites is 2. The van der Waals surface area contributed by atoms with Gasteiger partial charge in [-0.2, -0.15) is 0 Å². The van der Waals surface area contributed by atoms with Gasteiger partial charge in [0.2, 0.25) is 5.91 Å². The minimum absolute atomic E-state index is 0.165. The summed E-state index contributed by atoms with van der Waals surface area (Å²) in [6, 6.07) is 8.42. The maximum absolute atomic E-state index is 12.2. The van der Waals surface area contributed by atoms with Crippen LogP contribution in [-0.2, 0) is 4.79 Å². The zero-order valence-corrected chi connectivity index (χ0v) is 12.6. The lowest BCUT2D eigenvalue weighted by Crippen LogP contribution is -2.39. The lowest BCUT2D eigenvalue weighted by molar-refractivity contribution is -0.117. The van der Waals surface area contributed by atoms with E-state index in [1.165, 1.54) is 0 Å². The van der Waals surface area contributed by atoms with E-state index in [9.17, 15) is 4.79 Å². The Morgan fingerprint density at radius 2 is 2.05 bits per heavy atom. The summed E-state index contributed by atoms with van der Waals surface area (Å²) in [6.07, 6.45) is 2.75. The van der Waals surface area contributed by atoms with E-state index in [0.717, 1.165) is 30.8 Å². The van der Waals surface area contributed by atoms with Crippen molar-refractivity contribution < 1.29 is 9.53 Å². The van der Waals surface area contributed by atoms with Crippen LogP contribution in [0, 0.1) is 0 Å². The maximum Gasteiger partial charge on any atom is 0.228 e. The number of carbonyl (C=O) groups excluding carboxylic acids is 1. The molecule has 1 aliphatic rings. The predicted octanol–water partition coefficient (Wildman–Crippen LogP) is 2.58. The van der Waals surface area contributed by atoms with Gasteiger partial charge in [0.1, 0.15) is 5.75 Å². The van der Waals surface area contributed by atoms with E-state index in [0.29, 0.717) is 12.5 Å². The van der Waals surface area contributed by atoms with Gasteiger partial charge in [-0.25, -0.2) is 0 Å². The highest BCUT2D eigenvalue weighted by Crippen LogP contribution is 2.31. The Kier molecular flexibility index (Phi) is 5.01. The van der Waals surface area contributed by atoms with Crippen molar-refractivity contribution in [3.05, 3.63) is 24.3 Å². The van der Waals surface area contributed by atoms with E-state index in [1.807, 2.05) is 29.2 Å². The average Bonchev–Trinajstić information content (AvgIpc) is 2.85. The second-order valence-corrected chi connectivity index (χ2v) is 5.26. The Hall–Kier alpha value is -1.55. The number of ether oxygens (including phenoxy) is 1. The molecular weight excluding hydrogens is 252 g/mol. The van der Waals surface area contributed by atoms with E-state index in [2.05, 4.69) is 19.2 Å². The van der Waals surface area contributed by atoms with Crippen LogP contribution >= 0.6 is 0 Å². The van der Waals surface area contributed by atoms with E-state index in [-0.39, 0.29) is 11.9 Å². The zero-order chi connectivity index (χ0) is 14.5. The van der Waals surface area contributed by atoms with Crippen LogP contribution in [0.25, 0.3) is 0 Å². The molecule has 0 aliphatic carbocycles. The molecule has 0 aromatic heterocycles. The van der Waals surface area contributed by atoms with Crippen LogP contribution in [0.3, 0.4) is 0 Å². The van der Waals surface area contributed by atoms with Crippen molar-refractivity contribution in [2.24, 2.45) is 0 Å². The molecule has 4 heteroatoms. The van der Waals surface area contributed by atoms with Crippen molar-refractivity contribution in [3.63, 3.8) is 0 Å². The summed E-state index contributed by atoms with van der Waals surface area (Å²) in [7, 11) is 1.64. The van der Waals surface area contributed by atoms with Gasteiger partial charge in [-0.05, 0) is 25.0 Å². The van der Waals surface area contributed by atoms with Gasteiger partial charge in [0.25, 0.3) is 0 Å². The first-order valence-corrected chi connectivity index (χ1v) is 7.39. The quantitative estimate of drug-likeness (QED) is 0.868. The van der Waals surface area contributed by atoms with Gasteiger partial charge >= 0.3 is 0 Å². The Morgan fingerprint density at radius 3 is 2.70 bits per heavy atom. The highest BCUT2D eigenvalue weighted by Gasteiger charge is 2.32. The van der Waals surface area contributed by atoms with Crippen molar-refractivity contribution in [1.29, 1.82) is 0 Å². The summed E-state index contributed by atoms with van der Waals surface area (Å²) < 4.78 is 5.35. The van der Waals surface area contributed by atoms with Crippen LogP contribution < -0.4 is 15.0 Å². The first-order valence-electron chi connectivity index (χ1n) is 7.39. The molecule has 1 N–H and O–H groups in total. The molecule has 2 rings (SSSR count). The minimum Gasteiger partial charge on any atom is -0.495 e. The fourth-order valence-electron chi connectivity index (χ4n) is 2.76. The molecule has 110 valence electrons. The molecule has 1 aromatic rings. The van der Waals surface area contributed by atoms with Crippen molar-refractivity contribution in [3.8, 4) is 5.75 Å². The SMILES string of the molecule is CCC(CC)NC1CC(=O)N(c2ccccc2OC)C1. The number of benzene rings is 1. The van der Waals surface area contributed by atoms with Crippen LogP contribution in [0.1, 0.15) is 33.1 Å². The van der Waals surface area contributed by atoms with Crippen LogP contribution in [0.4, 0.5) is 5.69 Å². The first kappa shape index (κ1) is 14.9. The Balaban J connectivity index is 2.09. The van der Waals surface area contributed by atoms with Crippen LogP contribution in [0.5, 0.6) is 5.75 Å². The lowest BCUT2D eigenvalue weighted by Gasteiger charge is -2.22. The molecule has 0 spiro atoms. The summed E-state index contributed by atoms with van der Waals surface area (Å²) in [6.45, 7) is 5.07. The minimum atomic E-state index is 0.165. The number of rotatable bonds is 6. The topological polar surface area (TPSA) is 41.6 Å². The third-order valence-corrected chi connectivity index (χ3v) is 3.96. The summed E-state index contributed by atoms with van der Waals surface area (Å²) in [4.78, 5) is 14.1. The van der Waals surface area contributed by atoms with Gasteiger partial charge in [0.05, 0.1) is 12.8 Å². The molecule has 0 radical (unpaired) electrons. The van der Waals surface area contributed by atoms with E-state index >= 15 is 0 Å². The van der Waals surface area contributed by atoms with Gasteiger partial charge in [-0.3, -0.25) is 4.79 Å². The normalized spacial score (nSPS) is 18.9. The van der Waals surface area contributed by atoms with Crippen LogP contribution in [0.2, 0.25) is 0 Å². The fourth-order valence-corrected chi connectivity index (χ4v) is 2.76. The number of hydrogen-bond acceptors (Lipinski definition) is 3. The Morgan fingerprint density at radius 1 is 1.35 bits per heavy atom. The molecule has 4 nitrogen and oxygen atoms in total. The number of methoxy groups -OCH3 is 1. The monoisotopic (exact) mass is 276 g/mol. The molecule has 1 unspecified atom stereocenters. The number of nitrogens with zero attached hydrogens (tertiary/aromatic N) is 1. The molecule has 1 saturated heterocycles. The molecule has 0 saturated carbocycles. The van der Waals surface area contributed by atoms with E-state index in [4.69, 9.17) is 4.74 Å². The molecule has 20 heavy (non-hydrogen) atoms. The standard InChI is InChI=1S/C16H24N2O2/c1-4-12(5-2)17-13-10-16(19)18(11-13)14-8-6-7-9-15(14)20-3/h6-9,12-13,17H,4-5,10-11H2,1-3H3. The Bertz CT molecular complexity index is 458. The number of nitrogens with one attached hydrogen (secondary N) is 1. The largest absolute Gasteiger partial charge is 0.495 e. The molecule has 1 atom stereocenters. The molecule has 1 heterocycles. The summed E-state index contributed by atoms with van der Waals surface area (Å²) in [5.74, 6) is 0.919. The molecular formula is C16H24N2O2. The molecule has 0 bridgehead atoms. The lowest BCUT2D eigenvalue weighted by atomic mass is 10.1. The second-order valence-electron chi connectivity index (χ2n) is 5.26. The van der Waals surface area contributed by atoms with Crippen LogP contribution in [0.15, 0.2) is 24.3 Å². The second kappa shape index (κ2) is 6.75. The molecule has 1 fully saturated rings. The number of carbonyl (C=O) groups is 1. The number of amides is 1. The van der Waals surface area contributed by atoms with Crippen LogP contribution in [-0.4, -0.2) is 31.6 Å². The van der Waals surface area contributed by atoms with Gasteiger partial charge < -0.3 is 15.0 Å². The molecule has 1 amide bonds. The van der Waals surface area contributed by atoms with E-state index in [1.54, 1.807) is 7.11 Å². The fraction of sp³-hybridized carbons (Fsp3) is 0.562. The van der Waals surface area contributed by atoms with Gasteiger partial charge in [-0.15, -0.1) is 0 Å². The zero-order valence-electron chi connectivity index (χ0n) is 12.6. The third-order valence-electron chi connectivity index (χ3n) is 3.96. The third kappa shape index (κ3) is 3.12. The van der Waals surface area contributed by atoms with Crippen molar-refractivity contribution in [2.75, 3.05) is 18.6 Å². The van der Waals surface area contributed by atoms with Gasteiger partial charge in [-0.1, -0.05) is 26.0 Å². The first-order chi connectivity index (χ1) is 9.69. The predicted molar refractivity (Wildman–Crippen MR) is 81.3 cm³/mol. The summed E-state index contributed by atoms with van der Waals surface area (Å²) in [5, 5.41) is 3.58. The molecule has 1 aliphatic heterocycles. The average molecular weight is 276 g/mol.